The van der Waals surface area contributed by atoms with Crippen molar-refractivity contribution >= 4 is 5.97 Å². The van der Waals surface area contributed by atoms with E-state index in [2.05, 4.69) is 4.74 Å². The van der Waals surface area contributed by atoms with E-state index in [9.17, 15) is 19.4 Å². The molecule has 5 nitrogen and oxygen atoms in total. The van der Waals surface area contributed by atoms with Crippen LogP contribution >= 0.6 is 0 Å². The Bertz CT molecular complexity index is 439. The first-order chi connectivity index (χ1) is 8.99. The lowest BCUT2D eigenvalue weighted by Crippen LogP contribution is -2.24. The number of rotatable bonds is 6. The van der Waals surface area contributed by atoms with Gasteiger partial charge in [-0.1, -0.05) is 6.07 Å². The Morgan fingerprint density at radius 2 is 2.16 bits per heavy atom. The average Bonchev–Trinajstić information content (AvgIpc) is 2.38. The summed E-state index contributed by atoms with van der Waals surface area (Å²) in [6.07, 6.45) is -3.33. The van der Waals surface area contributed by atoms with Crippen LogP contribution in [0.1, 0.15) is 30.6 Å². The molecular weight excluding hydrogens is 253 g/mol. The second-order valence-corrected chi connectivity index (χ2v) is 4.08. The van der Waals surface area contributed by atoms with E-state index in [1.54, 1.807) is 6.92 Å². The molecule has 0 spiro atoms. The van der Waals surface area contributed by atoms with Crippen LogP contribution in [0.3, 0.4) is 0 Å². The topological polar surface area (TPSA) is 92.8 Å². The molecule has 1 rings (SSSR count). The molecule has 0 aromatic heterocycles. The van der Waals surface area contributed by atoms with E-state index in [1.807, 2.05) is 0 Å². The van der Waals surface area contributed by atoms with Gasteiger partial charge in [-0.15, -0.1) is 0 Å². The second-order valence-electron chi connectivity index (χ2n) is 4.08. The average molecular weight is 271 g/mol. The molecular formula is C13H18FNO4. The summed E-state index contributed by atoms with van der Waals surface area (Å²) in [7, 11) is 0. The van der Waals surface area contributed by atoms with E-state index in [0.29, 0.717) is 5.56 Å². The Balaban J connectivity index is 2.81. The third-order valence-corrected chi connectivity index (χ3v) is 2.66. The van der Waals surface area contributed by atoms with Crippen molar-refractivity contribution in [3.05, 3.63) is 35.1 Å². The monoisotopic (exact) mass is 271 g/mol. The lowest BCUT2D eigenvalue weighted by molar-refractivity contribution is -0.147. The van der Waals surface area contributed by atoms with E-state index in [1.165, 1.54) is 12.1 Å². The smallest absolute Gasteiger partial charge is 0.308 e. The highest BCUT2D eigenvalue weighted by molar-refractivity contribution is 5.70. The molecule has 2 atom stereocenters. The summed E-state index contributed by atoms with van der Waals surface area (Å²) in [5.74, 6) is -1.31. The lowest BCUT2D eigenvalue weighted by atomic mass is 9.99. The second kappa shape index (κ2) is 7.18. The zero-order chi connectivity index (χ0) is 14.4. The zero-order valence-electron chi connectivity index (χ0n) is 10.7. The zero-order valence-corrected chi connectivity index (χ0v) is 10.7. The van der Waals surface area contributed by atoms with Gasteiger partial charge in [0.25, 0.3) is 0 Å². The van der Waals surface area contributed by atoms with Crippen LogP contribution in [0, 0.1) is 5.82 Å². The van der Waals surface area contributed by atoms with Crippen molar-refractivity contribution in [3.8, 4) is 0 Å². The van der Waals surface area contributed by atoms with Crippen molar-refractivity contribution in [1.29, 1.82) is 0 Å². The van der Waals surface area contributed by atoms with E-state index in [0.717, 1.165) is 6.07 Å². The Morgan fingerprint density at radius 3 is 2.74 bits per heavy atom. The highest BCUT2D eigenvalue weighted by atomic mass is 19.1. The van der Waals surface area contributed by atoms with Gasteiger partial charge in [0.15, 0.2) is 0 Å². The largest absolute Gasteiger partial charge is 0.466 e. The molecule has 6 heteroatoms. The summed E-state index contributed by atoms with van der Waals surface area (Å²) in [6.45, 7) is 2.00. The highest BCUT2D eigenvalue weighted by Gasteiger charge is 2.24. The fourth-order valence-electron chi connectivity index (χ4n) is 1.66. The van der Waals surface area contributed by atoms with Crippen LogP contribution in [0.5, 0.6) is 0 Å². The summed E-state index contributed by atoms with van der Waals surface area (Å²) in [4.78, 5) is 11.2. The summed E-state index contributed by atoms with van der Waals surface area (Å²) in [5, 5.41) is 19.6. The highest BCUT2D eigenvalue weighted by Crippen LogP contribution is 2.23. The van der Waals surface area contributed by atoms with Gasteiger partial charge in [0.2, 0.25) is 0 Å². The van der Waals surface area contributed by atoms with Crippen molar-refractivity contribution in [2.24, 2.45) is 5.73 Å². The standard InChI is InChI=1S/C13H18FNO4/c1-2-19-12(17)6-11(16)13(18)9-5-8(7-15)3-4-10(9)14/h3-5,11,13,16,18H,2,6-7,15H2,1H3. The fraction of sp³-hybridized carbons (Fsp3) is 0.462. The van der Waals surface area contributed by atoms with Crippen molar-refractivity contribution < 1.29 is 24.1 Å². The normalized spacial score (nSPS) is 13.9. The number of hydrogen-bond donors (Lipinski definition) is 3. The van der Waals surface area contributed by atoms with Crippen molar-refractivity contribution in [3.63, 3.8) is 0 Å². The fourth-order valence-corrected chi connectivity index (χ4v) is 1.66. The molecule has 1 aromatic rings. The maximum absolute atomic E-state index is 13.6. The molecule has 0 saturated heterocycles. The van der Waals surface area contributed by atoms with Crippen LogP contribution in [-0.4, -0.2) is 28.9 Å². The van der Waals surface area contributed by atoms with Crippen LogP contribution in [-0.2, 0) is 16.1 Å². The Morgan fingerprint density at radius 1 is 1.47 bits per heavy atom. The summed E-state index contributed by atoms with van der Waals surface area (Å²) >= 11 is 0. The molecule has 0 aliphatic carbocycles. The predicted molar refractivity (Wildman–Crippen MR) is 66.5 cm³/mol. The summed E-state index contributed by atoms with van der Waals surface area (Å²) in [6, 6.07) is 4.02. The lowest BCUT2D eigenvalue weighted by Gasteiger charge is -2.18. The number of aliphatic hydroxyl groups excluding tert-OH is 2. The molecule has 4 N–H and O–H groups in total. The van der Waals surface area contributed by atoms with Crippen LogP contribution in [0.15, 0.2) is 18.2 Å². The van der Waals surface area contributed by atoms with E-state index in [4.69, 9.17) is 5.73 Å². The molecule has 0 saturated carbocycles. The molecule has 0 bridgehead atoms. The first kappa shape index (κ1) is 15.6. The van der Waals surface area contributed by atoms with Crippen LogP contribution in [0.2, 0.25) is 0 Å². The SMILES string of the molecule is CCOC(=O)CC(O)C(O)c1cc(CN)ccc1F. The van der Waals surface area contributed by atoms with Crippen LogP contribution in [0.4, 0.5) is 4.39 Å². The number of carbonyl (C=O) groups excluding carboxylic acids is 1. The number of benzene rings is 1. The molecule has 1 aromatic carbocycles. The predicted octanol–water partition coefficient (Wildman–Crippen LogP) is 0.632. The number of carbonyl (C=O) groups is 1. The minimum atomic E-state index is -1.50. The summed E-state index contributed by atoms with van der Waals surface area (Å²) in [5.41, 5.74) is 5.96. The molecule has 0 heterocycles. The number of nitrogens with two attached hydrogens (primary N) is 1. The Hall–Kier alpha value is -1.50. The molecule has 0 fully saturated rings. The van der Waals surface area contributed by atoms with E-state index in [-0.39, 0.29) is 18.7 Å². The van der Waals surface area contributed by atoms with Crippen molar-refractivity contribution in [2.45, 2.75) is 32.1 Å². The maximum atomic E-state index is 13.6. The molecule has 2 unspecified atom stereocenters. The van der Waals surface area contributed by atoms with Gasteiger partial charge < -0.3 is 20.7 Å². The van der Waals surface area contributed by atoms with E-state index >= 15 is 0 Å². The van der Waals surface area contributed by atoms with Gasteiger partial charge in [-0.05, 0) is 24.6 Å². The molecule has 106 valence electrons. The Kier molecular flexibility index (Phi) is 5.88. The van der Waals surface area contributed by atoms with Crippen LogP contribution in [0.25, 0.3) is 0 Å². The number of aliphatic hydroxyl groups is 2. The minimum Gasteiger partial charge on any atom is -0.466 e. The van der Waals surface area contributed by atoms with Crippen molar-refractivity contribution in [1.82, 2.24) is 0 Å². The maximum Gasteiger partial charge on any atom is 0.308 e. The van der Waals surface area contributed by atoms with Gasteiger partial charge in [0, 0.05) is 12.1 Å². The third-order valence-electron chi connectivity index (χ3n) is 2.66. The van der Waals surface area contributed by atoms with Crippen molar-refractivity contribution in [2.75, 3.05) is 6.61 Å². The van der Waals surface area contributed by atoms with Gasteiger partial charge in [-0.2, -0.15) is 0 Å². The minimum absolute atomic E-state index is 0.0836. The Labute approximate surface area is 110 Å². The van der Waals surface area contributed by atoms with Gasteiger partial charge >= 0.3 is 5.97 Å². The number of ether oxygens (including phenoxy) is 1. The van der Waals surface area contributed by atoms with Gasteiger partial charge in [0.1, 0.15) is 11.9 Å². The molecule has 0 aliphatic rings. The number of esters is 1. The molecule has 0 amide bonds. The number of hydrogen-bond acceptors (Lipinski definition) is 5. The molecule has 0 aliphatic heterocycles. The van der Waals surface area contributed by atoms with E-state index < -0.39 is 30.4 Å². The first-order valence-electron chi connectivity index (χ1n) is 5.99. The van der Waals surface area contributed by atoms with Crippen LogP contribution < -0.4 is 5.73 Å². The van der Waals surface area contributed by atoms with Gasteiger partial charge in [-0.25, -0.2) is 4.39 Å². The van der Waals surface area contributed by atoms with Gasteiger partial charge in [-0.3, -0.25) is 4.79 Å². The third kappa shape index (κ3) is 4.27. The summed E-state index contributed by atoms with van der Waals surface area (Å²) < 4.78 is 18.2. The quantitative estimate of drug-likeness (QED) is 0.660. The first-order valence-corrected chi connectivity index (χ1v) is 5.99. The molecule has 0 radical (unpaired) electrons. The van der Waals surface area contributed by atoms with Gasteiger partial charge in [0.05, 0.1) is 19.1 Å². The number of halogens is 1. The molecule has 19 heavy (non-hydrogen) atoms.